The van der Waals surface area contributed by atoms with Gasteiger partial charge in [0.05, 0.1) is 21.1 Å². The predicted molar refractivity (Wildman–Crippen MR) is 65.0 cm³/mol. The molecule has 1 aromatic carbocycles. The molecule has 0 aliphatic rings. The average molecular weight is 323 g/mol. The molecule has 0 aromatic heterocycles. The minimum atomic E-state index is -4.39. The zero-order valence-electron chi connectivity index (χ0n) is 9.12. The summed E-state index contributed by atoms with van der Waals surface area (Å²) in [4.78, 5) is 4.33. The van der Waals surface area contributed by atoms with Crippen molar-refractivity contribution in [3.05, 3.63) is 32.8 Å². The third kappa shape index (κ3) is 4.48. The zero-order chi connectivity index (χ0) is 13.9. The number of halogens is 6. The monoisotopic (exact) mass is 321 g/mol. The summed E-state index contributed by atoms with van der Waals surface area (Å²) in [6, 6.07) is 2.51. The molecular weight excluding hydrogens is 313 g/mol. The first kappa shape index (κ1) is 15.9. The van der Waals surface area contributed by atoms with Crippen LogP contribution in [0.25, 0.3) is 0 Å². The van der Waals surface area contributed by atoms with Gasteiger partial charge in [-0.1, -0.05) is 40.9 Å². The van der Waals surface area contributed by atoms with Gasteiger partial charge in [0.1, 0.15) is 0 Å². The van der Waals surface area contributed by atoms with Crippen molar-refractivity contribution >= 4 is 34.8 Å². The molecule has 1 unspecified atom stereocenters. The second-order valence-corrected chi connectivity index (χ2v) is 4.67. The van der Waals surface area contributed by atoms with Gasteiger partial charge in [0, 0.05) is 0 Å². The quantitative estimate of drug-likeness (QED) is 0.635. The highest BCUT2D eigenvalue weighted by atomic mass is 35.5. The SMILES string of the molecule is CC(NOCC(F)(F)F)c1ccc(Cl)c(Cl)c1Cl. The molecule has 2 nitrogen and oxygen atoms in total. The summed E-state index contributed by atoms with van der Waals surface area (Å²) >= 11 is 17.5. The summed E-state index contributed by atoms with van der Waals surface area (Å²) in [6.07, 6.45) is -4.39. The maximum absolute atomic E-state index is 11.9. The third-order valence-electron chi connectivity index (χ3n) is 2.03. The van der Waals surface area contributed by atoms with Gasteiger partial charge in [-0.15, -0.1) is 0 Å². The Balaban J connectivity index is 2.68. The van der Waals surface area contributed by atoms with Gasteiger partial charge < -0.3 is 0 Å². The fourth-order valence-corrected chi connectivity index (χ4v) is 1.89. The van der Waals surface area contributed by atoms with Gasteiger partial charge in [0.15, 0.2) is 6.61 Å². The lowest BCUT2D eigenvalue weighted by atomic mass is 10.1. The van der Waals surface area contributed by atoms with Crippen LogP contribution < -0.4 is 5.48 Å². The van der Waals surface area contributed by atoms with Crippen molar-refractivity contribution in [1.29, 1.82) is 0 Å². The van der Waals surface area contributed by atoms with E-state index in [9.17, 15) is 13.2 Å². The molecule has 0 radical (unpaired) electrons. The van der Waals surface area contributed by atoms with Gasteiger partial charge in [-0.2, -0.15) is 18.7 Å². The maximum Gasteiger partial charge on any atom is 0.413 e. The zero-order valence-corrected chi connectivity index (χ0v) is 11.4. The van der Waals surface area contributed by atoms with Gasteiger partial charge in [0.25, 0.3) is 0 Å². The number of nitrogens with one attached hydrogen (secondary N) is 1. The van der Waals surface area contributed by atoms with Crippen molar-refractivity contribution in [1.82, 2.24) is 5.48 Å². The van der Waals surface area contributed by atoms with E-state index in [1.807, 2.05) is 0 Å². The normalized spacial score (nSPS) is 13.7. The van der Waals surface area contributed by atoms with Gasteiger partial charge in [0.2, 0.25) is 0 Å². The van der Waals surface area contributed by atoms with Gasteiger partial charge >= 0.3 is 6.18 Å². The molecule has 0 amide bonds. The Bertz CT molecular complexity index is 426. The molecule has 1 N–H and O–H groups in total. The first-order chi connectivity index (χ1) is 8.22. The fourth-order valence-electron chi connectivity index (χ4n) is 1.19. The van der Waals surface area contributed by atoms with Gasteiger partial charge in [-0.25, -0.2) is 0 Å². The molecule has 1 aromatic rings. The Morgan fingerprint density at radius 1 is 1.22 bits per heavy atom. The molecule has 0 aliphatic heterocycles. The fraction of sp³-hybridized carbons (Fsp3) is 0.400. The van der Waals surface area contributed by atoms with Crippen molar-refractivity contribution < 1.29 is 18.0 Å². The topological polar surface area (TPSA) is 21.3 Å². The van der Waals surface area contributed by atoms with Crippen molar-refractivity contribution in [2.75, 3.05) is 6.61 Å². The van der Waals surface area contributed by atoms with Crippen LogP contribution in [0.3, 0.4) is 0 Å². The highest BCUT2D eigenvalue weighted by molar-refractivity contribution is 6.48. The van der Waals surface area contributed by atoms with E-state index >= 15 is 0 Å². The van der Waals surface area contributed by atoms with E-state index in [1.54, 1.807) is 13.0 Å². The summed E-state index contributed by atoms with van der Waals surface area (Å²) < 4.78 is 35.6. The molecule has 18 heavy (non-hydrogen) atoms. The van der Waals surface area contributed by atoms with E-state index < -0.39 is 18.8 Å². The lowest BCUT2D eigenvalue weighted by Crippen LogP contribution is -2.26. The van der Waals surface area contributed by atoms with Crippen molar-refractivity contribution in [3.8, 4) is 0 Å². The lowest BCUT2D eigenvalue weighted by molar-refractivity contribution is -0.192. The molecule has 1 rings (SSSR count). The van der Waals surface area contributed by atoms with Crippen LogP contribution in [0.2, 0.25) is 15.1 Å². The van der Waals surface area contributed by atoms with E-state index in [4.69, 9.17) is 34.8 Å². The van der Waals surface area contributed by atoms with E-state index in [0.29, 0.717) is 5.56 Å². The Morgan fingerprint density at radius 3 is 2.39 bits per heavy atom. The van der Waals surface area contributed by atoms with E-state index in [2.05, 4.69) is 10.3 Å². The Labute approximate surface area is 117 Å². The first-order valence-corrected chi connectivity index (χ1v) is 5.93. The summed E-state index contributed by atoms with van der Waals surface area (Å²) in [5.74, 6) is 0. The van der Waals surface area contributed by atoms with Crippen molar-refractivity contribution in [3.63, 3.8) is 0 Å². The summed E-state index contributed by atoms with van der Waals surface area (Å²) in [7, 11) is 0. The van der Waals surface area contributed by atoms with Crippen LogP contribution in [-0.2, 0) is 4.84 Å². The minimum Gasteiger partial charge on any atom is -0.292 e. The number of hydrogen-bond acceptors (Lipinski definition) is 2. The molecule has 0 fully saturated rings. The predicted octanol–water partition coefficient (Wildman–Crippen LogP) is 4.79. The largest absolute Gasteiger partial charge is 0.413 e. The minimum absolute atomic E-state index is 0.153. The van der Waals surface area contributed by atoms with Gasteiger partial charge in [-0.3, -0.25) is 4.84 Å². The number of rotatable bonds is 4. The average Bonchev–Trinajstić information content (AvgIpc) is 2.24. The van der Waals surface area contributed by atoms with Crippen LogP contribution >= 0.6 is 34.8 Å². The van der Waals surface area contributed by atoms with Crippen LogP contribution in [-0.4, -0.2) is 12.8 Å². The summed E-state index contributed by atoms with van der Waals surface area (Å²) in [5.41, 5.74) is 2.73. The molecule has 102 valence electrons. The summed E-state index contributed by atoms with van der Waals surface area (Å²) in [5, 5.41) is 0.605. The Morgan fingerprint density at radius 2 is 1.83 bits per heavy atom. The van der Waals surface area contributed by atoms with E-state index in [0.717, 1.165) is 0 Å². The summed E-state index contributed by atoms with van der Waals surface area (Å²) in [6.45, 7) is 0.193. The molecule has 0 heterocycles. The van der Waals surface area contributed by atoms with E-state index in [-0.39, 0.29) is 15.1 Å². The van der Waals surface area contributed by atoms with Crippen molar-refractivity contribution in [2.24, 2.45) is 0 Å². The third-order valence-corrected chi connectivity index (χ3v) is 3.34. The molecule has 0 spiro atoms. The molecule has 8 heteroatoms. The van der Waals surface area contributed by atoms with Crippen LogP contribution in [0.5, 0.6) is 0 Å². The second kappa shape index (κ2) is 6.30. The first-order valence-electron chi connectivity index (χ1n) is 4.80. The number of hydroxylamine groups is 1. The highest BCUT2D eigenvalue weighted by Gasteiger charge is 2.28. The van der Waals surface area contributed by atoms with Crippen LogP contribution in [0.4, 0.5) is 13.2 Å². The van der Waals surface area contributed by atoms with Gasteiger partial charge in [-0.05, 0) is 18.6 Å². The van der Waals surface area contributed by atoms with Crippen LogP contribution in [0, 0.1) is 0 Å². The molecule has 1 atom stereocenters. The number of alkyl halides is 3. The molecular formula is C10H9Cl3F3NO. The number of hydrogen-bond donors (Lipinski definition) is 1. The lowest BCUT2D eigenvalue weighted by Gasteiger charge is -2.17. The molecule has 0 bridgehead atoms. The van der Waals surface area contributed by atoms with E-state index in [1.165, 1.54) is 6.07 Å². The second-order valence-electron chi connectivity index (χ2n) is 3.51. The molecule has 0 saturated heterocycles. The van der Waals surface area contributed by atoms with Crippen LogP contribution in [0.1, 0.15) is 18.5 Å². The maximum atomic E-state index is 11.9. The standard InChI is InChI=1S/C10H9Cl3F3NO/c1-5(17-18-4-10(14,15)16)6-2-3-7(11)9(13)8(6)12/h2-3,5,17H,4H2,1H3. The smallest absolute Gasteiger partial charge is 0.292 e. The highest BCUT2D eigenvalue weighted by Crippen LogP contribution is 2.35. The van der Waals surface area contributed by atoms with Crippen LogP contribution in [0.15, 0.2) is 12.1 Å². The Kier molecular flexibility index (Phi) is 5.55. The molecule has 0 saturated carbocycles. The molecule has 0 aliphatic carbocycles. The van der Waals surface area contributed by atoms with Crippen molar-refractivity contribution in [2.45, 2.75) is 19.1 Å². The number of benzene rings is 1. The Hall–Kier alpha value is -0.200.